The molecule has 6 nitrogen and oxygen atoms in total. The summed E-state index contributed by atoms with van der Waals surface area (Å²) >= 11 is 1.40. The number of thioether (sulfide) groups is 1. The third kappa shape index (κ3) is 4.84. The lowest BCUT2D eigenvalue weighted by atomic mass is 10.0. The van der Waals surface area contributed by atoms with Crippen LogP contribution in [-0.2, 0) is 9.53 Å². The maximum Gasteiger partial charge on any atom is 0.329 e. The van der Waals surface area contributed by atoms with Gasteiger partial charge in [-0.15, -0.1) is 0 Å². The van der Waals surface area contributed by atoms with Gasteiger partial charge in [-0.3, -0.25) is 14.2 Å². The van der Waals surface area contributed by atoms with Crippen LogP contribution in [0.25, 0.3) is 5.69 Å². The second kappa shape index (κ2) is 9.59. The first-order valence-corrected chi connectivity index (χ1v) is 10.4. The smallest absolute Gasteiger partial charge is 0.329 e. The summed E-state index contributed by atoms with van der Waals surface area (Å²) in [7, 11) is 1.27. The molecule has 0 aliphatic rings. The van der Waals surface area contributed by atoms with Crippen LogP contribution in [0, 0.1) is 6.92 Å². The first-order chi connectivity index (χ1) is 13.3. The first-order valence-electron chi connectivity index (χ1n) is 9.00. The largest absolute Gasteiger partial charge is 0.467 e. The molecule has 1 atom stereocenters. The number of rotatable bonds is 7. The molecule has 1 aromatic carbocycles. The normalized spacial score (nSPS) is 11.9. The Labute approximate surface area is 169 Å². The zero-order chi connectivity index (χ0) is 20.8. The third-order valence-electron chi connectivity index (χ3n) is 4.47. The first kappa shape index (κ1) is 21.8. The van der Waals surface area contributed by atoms with Crippen LogP contribution in [0.4, 0.5) is 0 Å². The lowest BCUT2D eigenvalue weighted by Crippen LogP contribution is -2.45. The summed E-state index contributed by atoms with van der Waals surface area (Å²) in [5.74, 6) is -0.451. The highest BCUT2D eigenvalue weighted by molar-refractivity contribution is 7.98. The van der Waals surface area contributed by atoms with Crippen molar-refractivity contribution < 1.29 is 14.3 Å². The monoisotopic (exact) mass is 402 g/mol. The maximum absolute atomic E-state index is 13.1. The summed E-state index contributed by atoms with van der Waals surface area (Å²) in [4.78, 5) is 37.8. The molecule has 2 rings (SSSR count). The highest BCUT2D eigenvalue weighted by Gasteiger charge is 2.24. The molecule has 0 unspecified atom stereocenters. The van der Waals surface area contributed by atoms with Gasteiger partial charge in [-0.05, 0) is 48.4 Å². The molecule has 0 spiro atoms. The number of ether oxygens (including phenoxy) is 1. The Bertz CT molecular complexity index is 921. The summed E-state index contributed by atoms with van der Waals surface area (Å²) < 4.78 is 6.19. The van der Waals surface area contributed by atoms with E-state index in [2.05, 4.69) is 19.2 Å². The van der Waals surface area contributed by atoms with Crippen LogP contribution in [0.3, 0.4) is 0 Å². The Hall–Kier alpha value is -2.54. The zero-order valence-electron chi connectivity index (χ0n) is 16.8. The van der Waals surface area contributed by atoms with Crippen molar-refractivity contribution >= 4 is 23.6 Å². The van der Waals surface area contributed by atoms with E-state index in [9.17, 15) is 14.4 Å². The molecule has 0 fully saturated rings. The van der Waals surface area contributed by atoms with Gasteiger partial charge in [-0.2, -0.15) is 11.8 Å². The van der Waals surface area contributed by atoms with Crippen molar-refractivity contribution in [2.45, 2.75) is 32.7 Å². The number of carbonyl (C=O) groups is 2. The number of benzene rings is 1. The number of carbonyl (C=O) groups excluding carboxylic acids is 2. The summed E-state index contributed by atoms with van der Waals surface area (Å²) in [6, 6.07) is 8.57. The van der Waals surface area contributed by atoms with E-state index in [0.717, 1.165) is 5.56 Å². The van der Waals surface area contributed by atoms with E-state index in [1.165, 1.54) is 23.4 Å². The minimum absolute atomic E-state index is 0.0208. The number of hydrogen-bond acceptors (Lipinski definition) is 5. The molecule has 0 saturated carbocycles. The Morgan fingerprint density at radius 1 is 1.25 bits per heavy atom. The van der Waals surface area contributed by atoms with Crippen molar-refractivity contribution in [1.82, 2.24) is 9.88 Å². The number of nitrogens with zero attached hydrogens (tertiary/aromatic N) is 1. The minimum Gasteiger partial charge on any atom is -0.467 e. The van der Waals surface area contributed by atoms with E-state index in [4.69, 9.17) is 4.74 Å². The molecule has 150 valence electrons. The van der Waals surface area contributed by atoms with Crippen LogP contribution in [0.5, 0.6) is 0 Å². The fourth-order valence-electron chi connectivity index (χ4n) is 2.85. The van der Waals surface area contributed by atoms with E-state index < -0.39 is 23.5 Å². The summed E-state index contributed by atoms with van der Waals surface area (Å²) in [6.45, 7) is 5.86. The van der Waals surface area contributed by atoms with Gasteiger partial charge in [-0.1, -0.05) is 26.0 Å². The molecule has 0 saturated heterocycles. The van der Waals surface area contributed by atoms with Crippen LogP contribution in [0.1, 0.15) is 41.3 Å². The molecule has 0 aliphatic carbocycles. The molecule has 28 heavy (non-hydrogen) atoms. The molecule has 7 heteroatoms. The second-order valence-corrected chi connectivity index (χ2v) is 7.71. The van der Waals surface area contributed by atoms with E-state index >= 15 is 0 Å². The van der Waals surface area contributed by atoms with Gasteiger partial charge >= 0.3 is 5.97 Å². The lowest BCUT2D eigenvalue weighted by Gasteiger charge is -2.17. The van der Waals surface area contributed by atoms with Crippen molar-refractivity contribution in [1.29, 1.82) is 0 Å². The van der Waals surface area contributed by atoms with Crippen molar-refractivity contribution in [3.8, 4) is 5.69 Å². The Kier molecular flexibility index (Phi) is 7.45. The number of hydrogen-bond donors (Lipinski definition) is 1. The predicted molar refractivity (Wildman–Crippen MR) is 113 cm³/mol. The van der Waals surface area contributed by atoms with Crippen molar-refractivity contribution in [2.24, 2.45) is 0 Å². The van der Waals surface area contributed by atoms with E-state index in [0.29, 0.717) is 22.9 Å². The third-order valence-corrected chi connectivity index (χ3v) is 5.13. The molecule has 1 aromatic heterocycles. The standard InChI is InChI=1S/C21H26N2O4S/c1-13(2)15-7-6-8-16(11-15)23-10-9-14(3)18(20(23)25)19(24)22-17(12-28-5)21(26)27-4/h6-11,13,17H,12H2,1-5H3,(H,22,24)/t17-/m0/s1. The lowest BCUT2D eigenvalue weighted by molar-refractivity contribution is -0.142. The van der Waals surface area contributed by atoms with Crippen LogP contribution in [-0.4, -0.2) is 41.6 Å². The highest BCUT2D eigenvalue weighted by atomic mass is 32.2. The summed E-state index contributed by atoms with van der Waals surface area (Å²) in [5.41, 5.74) is 1.94. The van der Waals surface area contributed by atoms with Crippen molar-refractivity contribution in [3.05, 3.63) is 63.6 Å². The van der Waals surface area contributed by atoms with Crippen LogP contribution >= 0.6 is 11.8 Å². The number of methoxy groups -OCH3 is 1. The molecule has 0 radical (unpaired) electrons. The van der Waals surface area contributed by atoms with Crippen molar-refractivity contribution in [3.63, 3.8) is 0 Å². The van der Waals surface area contributed by atoms with Crippen molar-refractivity contribution in [2.75, 3.05) is 19.1 Å². The summed E-state index contributed by atoms with van der Waals surface area (Å²) in [6.07, 6.45) is 3.48. The van der Waals surface area contributed by atoms with Gasteiger partial charge in [0.25, 0.3) is 11.5 Å². The molecule has 1 heterocycles. The Balaban J connectivity index is 2.45. The quantitative estimate of drug-likeness (QED) is 0.721. The highest BCUT2D eigenvalue weighted by Crippen LogP contribution is 2.18. The van der Waals surface area contributed by atoms with Gasteiger partial charge in [0.15, 0.2) is 0 Å². The second-order valence-electron chi connectivity index (χ2n) is 6.80. The van der Waals surface area contributed by atoms with Gasteiger partial charge in [0, 0.05) is 17.6 Å². The number of esters is 1. The fraction of sp³-hybridized carbons (Fsp3) is 0.381. The van der Waals surface area contributed by atoms with Crippen LogP contribution in [0.2, 0.25) is 0 Å². The fourth-order valence-corrected chi connectivity index (χ4v) is 3.40. The molecular weight excluding hydrogens is 376 g/mol. The predicted octanol–water partition coefficient (Wildman–Crippen LogP) is 2.90. The SMILES string of the molecule is COC(=O)[C@H](CSC)NC(=O)c1c(C)ccn(-c2cccc(C(C)C)c2)c1=O. The number of aromatic nitrogens is 1. The average Bonchev–Trinajstić information content (AvgIpc) is 2.67. The molecular formula is C21H26N2O4S. The topological polar surface area (TPSA) is 77.4 Å². The number of aryl methyl sites for hydroxylation is 1. The van der Waals surface area contributed by atoms with Gasteiger partial charge in [0.05, 0.1) is 7.11 Å². The average molecular weight is 403 g/mol. The van der Waals surface area contributed by atoms with Gasteiger partial charge < -0.3 is 10.1 Å². The van der Waals surface area contributed by atoms with E-state index in [1.54, 1.807) is 19.2 Å². The molecule has 0 bridgehead atoms. The van der Waals surface area contributed by atoms with Gasteiger partial charge in [0.2, 0.25) is 0 Å². The maximum atomic E-state index is 13.1. The van der Waals surface area contributed by atoms with E-state index in [-0.39, 0.29) is 5.56 Å². The molecule has 1 N–H and O–H groups in total. The van der Waals surface area contributed by atoms with E-state index in [1.807, 2.05) is 30.5 Å². The van der Waals surface area contributed by atoms with Gasteiger partial charge in [-0.25, -0.2) is 4.79 Å². The molecule has 0 aliphatic heterocycles. The van der Waals surface area contributed by atoms with Crippen LogP contribution in [0.15, 0.2) is 41.3 Å². The Morgan fingerprint density at radius 2 is 1.96 bits per heavy atom. The Morgan fingerprint density at radius 3 is 2.57 bits per heavy atom. The van der Waals surface area contributed by atoms with Gasteiger partial charge in [0.1, 0.15) is 11.6 Å². The number of amides is 1. The molecule has 1 amide bonds. The number of nitrogens with one attached hydrogen (secondary N) is 1. The molecule has 2 aromatic rings. The number of pyridine rings is 1. The summed E-state index contributed by atoms with van der Waals surface area (Å²) in [5, 5.41) is 2.63. The van der Waals surface area contributed by atoms with Crippen LogP contribution < -0.4 is 10.9 Å². The minimum atomic E-state index is -0.816. The zero-order valence-corrected chi connectivity index (χ0v) is 17.6.